The molecule has 0 saturated carbocycles. The van der Waals surface area contributed by atoms with E-state index in [4.69, 9.17) is 14.9 Å². The summed E-state index contributed by atoms with van der Waals surface area (Å²) in [6.45, 7) is 7.64. The summed E-state index contributed by atoms with van der Waals surface area (Å²) in [5.41, 5.74) is 0.0153. The average Bonchev–Trinajstić information content (AvgIpc) is 2.39. The third-order valence-corrected chi connectivity index (χ3v) is 6.43. The van der Waals surface area contributed by atoms with Crippen LogP contribution in [0.3, 0.4) is 0 Å². The van der Waals surface area contributed by atoms with Crippen LogP contribution in [-0.2, 0) is 20.7 Å². The maximum Gasteiger partial charge on any atom is 0.320 e. The Hall–Kier alpha value is -1.32. The van der Waals surface area contributed by atoms with E-state index in [1.165, 1.54) is 6.20 Å². The minimum Gasteiger partial charge on any atom is -0.481 e. The third-order valence-electron chi connectivity index (χ3n) is 3.47. The maximum atomic E-state index is 14.9. The van der Waals surface area contributed by atoms with Crippen LogP contribution in [0.1, 0.15) is 12.6 Å². The highest BCUT2D eigenvalue weighted by molar-refractivity contribution is 9.10. The number of pyridine rings is 1. The minimum absolute atomic E-state index is 0.0153. The summed E-state index contributed by atoms with van der Waals surface area (Å²) in [4.78, 5) is 26.5. The number of carbonyl (C=O) groups is 2. The zero-order chi connectivity index (χ0) is 18.7. The quantitative estimate of drug-likeness (QED) is 0.493. The van der Waals surface area contributed by atoms with Crippen molar-refractivity contribution in [2.45, 2.75) is 39.1 Å². The highest BCUT2D eigenvalue weighted by Gasteiger charge is 2.37. The molecular formula is C15H21BrFNO5Si. The molecule has 0 aliphatic heterocycles. The molecule has 24 heavy (non-hydrogen) atoms. The molecule has 1 heterocycles. The molecular weight excluding hydrogens is 401 g/mol. The fraction of sp³-hybridized carbons (Fsp3) is 0.533. The second-order valence-electron chi connectivity index (χ2n) is 6.34. The van der Waals surface area contributed by atoms with Crippen LogP contribution in [-0.4, -0.2) is 47.9 Å². The summed E-state index contributed by atoms with van der Waals surface area (Å²) in [6, 6.07) is 0. The molecule has 0 bridgehead atoms. The van der Waals surface area contributed by atoms with Crippen molar-refractivity contribution in [3.05, 3.63) is 22.2 Å². The Balaban J connectivity index is 3.30. The van der Waals surface area contributed by atoms with Crippen molar-refractivity contribution in [1.82, 2.24) is 4.98 Å². The molecule has 0 saturated heterocycles. The summed E-state index contributed by atoms with van der Waals surface area (Å²) in [5, 5.41) is 18.8. The topological polar surface area (TPSA) is 96.7 Å². The summed E-state index contributed by atoms with van der Waals surface area (Å²) in [5.74, 6) is -5.36. The number of halogens is 2. The number of aromatic nitrogens is 1. The van der Waals surface area contributed by atoms with Crippen LogP contribution in [0.15, 0.2) is 10.7 Å². The largest absolute Gasteiger partial charge is 0.481 e. The molecule has 1 unspecified atom stereocenters. The van der Waals surface area contributed by atoms with E-state index in [9.17, 15) is 14.0 Å². The van der Waals surface area contributed by atoms with Gasteiger partial charge in [-0.2, -0.15) is 0 Å². The van der Waals surface area contributed by atoms with Crippen molar-refractivity contribution < 1.29 is 28.9 Å². The Bertz CT molecular complexity index is 621. The average molecular weight is 422 g/mol. The lowest BCUT2D eigenvalue weighted by atomic mass is 9.98. The first-order valence-electron chi connectivity index (χ1n) is 7.41. The van der Waals surface area contributed by atoms with E-state index in [-0.39, 0.29) is 18.7 Å². The Kier molecular flexibility index (Phi) is 7.06. The van der Waals surface area contributed by atoms with Gasteiger partial charge in [0.05, 0.1) is 19.9 Å². The van der Waals surface area contributed by atoms with E-state index in [0.717, 1.165) is 0 Å². The number of hydrogen-bond donors (Lipinski definition) is 2. The lowest BCUT2D eigenvalue weighted by molar-refractivity contribution is -0.161. The SMILES string of the molecule is CCOC(Cc1ncc(Br)c([Si](C)(C)C)c1F)C(C(=O)O)C(=O)O. The van der Waals surface area contributed by atoms with Gasteiger partial charge in [-0.1, -0.05) is 19.6 Å². The first-order chi connectivity index (χ1) is 11.0. The lowest BCUT2D eigenvalue weighted by Crippen LogP contribution is -2.43. The van der Waals surface area contributed by atoms with Gasteiger partial charge in [0.2, 0.25) is 0 Å². The van der Waals surface area contributed by atoms with E-state index in [1.807, 2.05) is 19.6 Å². The van der Waals surface area contributed by atoms with Gasteiger partial charge >= 0.3 is 11.9 Å². The molecule has 0 aliphatic rings. The van der Waals surface area contributed by atoms with E-state index < -0.39 is 37.9 Å². The van der Waals surface area contributed by atoms with Crippen LogP contribution in [0, 0.1) is 11.7 Å². The summed E-state index contributed by atoms with van der Waals surface area (Å²) < 4.78 is 20.7. The summed E-state index contributed by atoms with van der Waals surface area (Å²) >= 11 is 3.30. The van der Waals surface area contributed by atoms with E-state index in [1.54, 1.807) is 6.92 Å². The zero-order valence-electron chi connectivity index (χ0n) is 14.0. The van der Waals surface area contributed by atoms with Crippen LogP contribution in [0.4, 0.5) is 4.39 Å². The molecule has 2 N–H and O–H groups in total. The van der Waals surface area contributed by atoms with Gasteiger partial charge in [-0.15, -0.1) is 0 Å². The molecule has 1 aromatic heterocycles. The Labute approximate surface area is 149 Å². The first-order valence-corrected chi connectivity index (χ1v) is 11.7. The summed E-state index contributed by atoms with van der Waals surface area (Å²) in [6.07, 6.45) is 0.0295. The summed E-state index contributed by atoms with van der Waals surface area (Å²) in [7, 11) is -2.03. The number of carboxylic acids is 2. The second-order valence-corrected chi connectivity index (χ2v) is 12.2. The van der Waals surface area contributed by atoms with Crippen LogP contribution in [0.5, 0.6) is 0 Å². The van der Waals surface area contributed by atoms with Gasteiger partial charge in [-0.3, -0.25) is 14.6 Å². The number of hydrogen-bond acceptors (Lipinski definition) is 4. The van der Waals surface area contributed by atoms with Crippen molar-refractivity contribution in [3.8, 4) is 0 Å². The molecule has 1 rings (SSSR count). The van der Waals surface area contributed by atoms with Gasteiger partial charge in [-0.05, 0) is 28.0 Å². The van der Waals surface area contributed by atoms with Crippen molar-refractivity contribution in [2.75, 3.05) is 6.61 Å². The highest BCUT2D eigenvalue weighted by Crippen LogP contribution is 2.21. The minimum atomic E-state index is -2.03. The van der Waals surface area contributed by atoms with E-state index in [0.29, 0.717) is 9.66 Å². The number of rotatable bonds is 8. The van der Waals surface area contributed by atoms with Crippen molar-refractivity contribution >= 4 is 41.1 Å². The normalized spacial score (nSPS) is 13.1. The first kappa shape index (κ1) is 20.7. The molecule has 0 spiro atoms. The van der Waals surface area contributed by atoms with Crippen LogP contribution >= 0.6 is 15.9 Å². The number of nitrogens with zero attached hydrogens (tertiary/aromatic N) is 1. The molecule has 0 radical (unpaired) electrons. The van der Waals surface area contributed by atoms with Crippen molar-refractivity contribution in [2.24, 2.45) is 5.92 Å². The number of aliphatic carboxylic acids is 2. The van der Waals surface area contributed by atoms with Gasteiger partial charge in [0, 0.05) is 23.7 Å². The molecule has 0 aliphatic carbocycles. The second kappa shape index (κ2) is 8.17. The van der Waals surface area contributed by atoms with Crippen LogP contribution in [0.2, 0.25) is 19.6 Å². The molecule has 0 aromatic carbocycles. The van der Waals surface area contributed by atoms with Crippen molar-refractivity contribution in [3.63, 3.8) is 0 Å². The monoisotopic (exact) mass is 421 g/mol. The molecule has 0 fully saturated rings. The van der Waals surface area contributed by atoms with Crippen LogP contribution in [0.25, 0.3) is 0 Å². The molecule has 0 amide bonds. The zero-order valence-corrected chi connectivity index (χ0v) is 16.6. The van der Waals surface area contributed by atoms with Gasteiger partial charge < -0.3 is 14.9 Å². The van der Waals surface area contributed by atoms with E-state index in [2.05, 4.69) is 20.9 Å². The molecule has 6 nitrogen and oxygen atoms in total. The standard InChI is InChI=1S/C15H21BrFNO5Si/c1-5-23-10(11(14(19)20)15(21)22)6-9-12(17)13(24(2,3)4)8(16)7-18-9/h7,10-11H,5-6H2,1-4H3,(H,19,20)(H,21,22). The lowest BCUT2D eigenvalue weighted by Gasteiger charge is -2.24. The predicted octanol–water partition coefficient (Wildman–Crippen LogP) is 2.26. The smallest absolute Gasteiger partial charge is 0.320 e. The predicted molar refractivity (Wildman–Crippen MR) is 92.8 cm³/mol. The van der Waals surface area contributed by atoms with Gasteiger partial charge in [0.15, 0.2) is 5.92 Å². The Morgan fingerprint density at radius 2 is 1.88 bits per heavy atom. The molecule has 134 valence electrons. The third kappa shape index (κ3) is 4.84. The maximum absolute atomic E-state index is 14.9. The van der Waals surface area contributed by atoms with Crippen molar-refractivity contribution in [1.29, 1.82) is 0 Å². The Morgan fingerprint density at radius 1 is 1.33 bits per heavy atom. The molecule has 1 atom stereocenters. The fourth-order valence-electron chi connectivity index (χ4n) is 2.44. The number of ether oxygens (including phenoxy) is 1. The van der Waals surface area contributed by atoms with Gasteiger partial charge in [-0.25, -0.2) is 4.39 Å². The molecule has 1 aromatic rings. The van der Waals surface area contributed by atoms with Gasteiger partial charge in [0.1, 0.15) is 5.82 Å². The fourth-order valence-corrected chi connectivity index (χ4v) is 6.08. The van der Waals surface area contributed by atoms with Crippen LogP contribution < -0.4 is 5.19 Å². The number of carboxylic acid groups (broad SMARTS) is 2. The highest BCUT2D eigenvalue weighted by atomic mass is 79.9. The Morgan fingerprint density at radius 3 is 2.29 bits per heavy atom. The van der Waals surface area contributed by atoms with Gasteiger partial charge in [0.25, 0.3) is 0 Å². The molecule has 9 heteroatoms. The van der Waals surface area contributed by atoms with E-state index >= 15 is 0 Å².